The normalized spacial score (nSPS) is 13.2. The van der Waals surface area contributed by atoms with Crippen LogP contribution in [0.25, 0.3) is 0 Å². The van der Waals surface area contributed by atoms with Gasteiger partial charge in [-0.3, -0.25) is 19.2 Å². The van der Waals surface area contributed by atoms with Crippen LogP contribution in [0, 0.1) is 24.0 Å². The van der Waals surface area contributed by atoms with Gasteiger partial charge in [-0.15, -0.1) is 0 Å². The quantitative estimate of drug-likeness (QED) is 0.408. The highest BCUT2D eigenvalue weighted by Crippen LogP contribution is 2.31. The van der Waals surface area contributed by atoms with Gasteiger partial charge in [0, 0.05) is 12.1 Å². The predicted octanol–water partition coefficient (Wildman–Crippen LogP) is 4.03. The minimum Gasteiger partial charge on any atom is -0.496 e. The van der Waals surface area contributed by atoms with Crippen LogP contribution in [0.2, 0.25) is 0 Å². The number of nitro benzene ring substituents is 1. The first-order valence-electron chi connectivity index (χ1n) is 10.6. The number of aryl methyl sites for hydroxylation is 2. The Bertz CT molecular complexity index is 1130. The number of carbonyl (C=O) groups excluding carboxylic acids is 1. The molecule has 2 aromatic rings. The molecular weight excluding hydrogens is 446 g/mol. The molecule has 0 heterocycles. The van der Waals surface area contributed by atoms with E-state index >= 15 is 0 Å². The lowest BCUT2D eigenvalue weighted by molar-refractivity contribution is -0.384. The van der Waals surface area contributed by atoms with Crippen LogP contribution in [0.1, 0.15) is 49.4 Å². The third-order valence-corrected chi connectivity index (χ3v) is 6.68. The summed E-state index contributed by atoms with van der Waals surface area (Å²) in [6.07, 6.45) is 1.76. The van der Waals surface area contributed by atoms with Gasteiger partial charge in [0.25, 0.3) is 5.69 Å². The summed E-state index contributed by atoms with van der Waals surface area (Å²) < 4.78 is 31.8. The van der Waals surface area contributed by atoms with Crippen molar-refractivity contribution in [3.63, 3.8) is 0 Å². The molecule has 10 heteroatoms. The molecule has 0 aliphatic heterocycles. The Hall–Kier alpha value is -3.14. The smallest absolute Gasteiger partial charge is 0.271 e. The number of carbonyl (C=O) groups is 1. The molecule has 2 rings (SSSR count). The van der Waals surface area contributed by atoms with Crippen LogP contribution in [-0.2, 0) is 14.8 Å². The first-order chi connectivity index (χ1) is 15.4. The Balaban J connectivity index is 2.46. The highest BCUT2D eigenvalue weighted by atomic mass is 32.2. The van der Waals surface area contributed by atoms with Crippen molar-refractivity contribution in [2.24, 2.45) is 0 Å². The topological polar surface area (TPSA) is 119 Å². The number of methoxy groups -OCH3 is 1. The molecule has 0 aromatic heterocycles. The lowest BCUT2D eigenvalue weighted by Gasteiger charge is -2.32. The number of rotatable bonds is 10. The third-order valence-electron chi connectivity index (χ3n) is 5.52. The Labute approximate surface area is 195 Å². The number of nitrogens with zero attached hydrogens (tertiary/aromatic N) is 2. The first kappa shape index (κ1) is 26.1. The summed E-state index contributed by atoms with van der Waals surface area (Å²) in [6, 6.07) is 8.17. The summed E-state index contributed by atoms with van der Waals surface area (Å²) in [7, 11) is -2.34. The fraction of sp³-hybridized carbons (Fsp3) is 0.435. The molecule has 180 valence electrons. The summed E-state index contributed by atoms with van der Waals surface area (Å²) in [5.41, 5.74) is 2.16. The summed E-state index contributed by atoms with van der Waals surface area (Å²) >= 11 is 0. The van der Waals surface area contributed by atoms with Crippen LogP contribution < -0.4 is 14.4 Å². The molecule has 2 atom stereocenters. The molecule has 0 radical (unpaired) electrons. The van der Waals surface area contributed by atoms with Crippen molar-refractivity contribution in [2.45, 2.75) is 52.6 Å². The molecular formula is C23H31N3O6S. The van der Waals surface area contributed by atoms with Gasteiger partial charge >= 0.3 is 0 Å². The van der Waals surface area contributed by atoms with Crippen molar-refractivity contribution < 1.29 is 22.9 Å². The molecule has 0 saturated carbocycles. The highest BCUT2D eigenvalue weighted by molar-refractivity contribution is 7.92. The molecule has 9 nitrogen and oxygen atoms in total. The van der Waals surface area contributed by atoms with Crippen LogP contribution in [0.3, 0.4) is 0 Å². The molecule has 0 saturated heterocycles. The number of hydrogen-bond acceptors (Lipinski definition) is 6. The maximum absolute atomic E-state index is 13.3. The van der Waals surface area contributed by atoms with E-state index in [4.69, 9.17) is 4.74 Å². The Morgan fingerprint density at radius 1 is 1.12 bits per heavy atom. The summed E-state index contributed by atoms with van der Waals surface area (Å²) in [6.45, 7) is 7.18. The van der Waals surface area contributed by atoms with Crippen molar-refractivity contribution in [3.8, 4) is 5.75 Å². The number of benzene rings is 2. The van der Waals surface area contributed by atoms with Crippen LogP contribution in [0.15, 0.2) is 36.4 Å². The maximum Gasteiger partial charge on any atom is 0.271 e. The number of anilines is 1. The van der Waals surface area contributed by atoms with Crippen LogP contribution in [-0.4, -0.2) is 38.7 Å². The first-order valence-corrected chi connectivity index (χ1v) is 12.5. The van der Waals surface area contributed by atoms with Crippen molar-refractivity contribution in [2.75, 3.05) is 17.7 Å². The zero-order valence-corrected chi connectivity index (χ0v) is 20.6. The molecule has 0 spiro atoms. The minimum absolute atomic E-state index is 0.113. The molecule has 33 heavy (non-hydrogen) atoms. The van der Waals surface area contributed by atoms with E-state index in [1.54, 1.807) is 21.0 Å². The van der Waals surface area contributed by atoms with E-state index in [9.17, 15) is 23.3 Å². The van der Waals surface area contributed by atoms with Crippen molar-refractivity contribution >= 4 is 27.3 Å². The van der Waals surface area contributed by atoms with Crippen LogP contribution in [0.4, 0.5) is 11.4 Å². The average Bonchev–Trinajstić information content (AvgIpc) is 2.75. The highest BCUT2D eigenvalue weighted by Gasteiger charge is 2.34. The van der Waals surface area contributed by atoms with E-state index in [1.807, 2.05) is 32.0 Å². The lowest BCUT2D eigenvalue weighted by atomic mass is 10.0. The minimum atomic E-state index is -3.93. The number of sulfonamides is 1. The Morgan fingerprint density at radius 2 is 1.79 bits per heavy atom. The summed E-state index contributed by atoms with van der Waals surface area (Å²) in [5.74, 6) is 0.255. The third kappa shape index (κ3) is 6.01. The largest absolute Gasteiger partial charge is 0.496 e. The second-order valence-electron chi connectivity index (χ2n) is 7.91. The maximum atomic E-state index is 13.3. The average molecular weight is 478 g/mol. The van der Waals surface area contributed by atoms with Gasteiger partial charge in [-0.25, -0.2) is 8.42 Å². The molecule has 0 aliphatic carbocycles. The zero-order valence-electron chi connectivity index (χ0n) is 19.8. The summed E-state index contributed by atoms with van der Waals surface area (Å²) in [5, 5.41) is 14.2. The Morgan fingerprint density at radius 3 is 2.27 bits per heavy atom. The lowest BCUT2D eigenvalue weighted by Crippen LogP contribution is -2.50. The molecule has 0 fully saturated rings. The van der Waals surface area contributed by atoms with Gasteiger partial charge in [-0.2, -0.15) is 0 Å². The van der Waals surface area contributed by atoms with E-state index in [0.29, 0.717) is 12.0 Å². The van der Waals surface area contributed by atoms with Gasteiger partial charge in [0.05, 0.1) is 30.0 Å². The van der Waals surface area contributed by atoms with E-state index in [-0.39, 0.29) is 23.8 Å². The molecule has 0 aliphatic rings. The van der Waals surface area contributed by atoms with Crippen molar-refractivity contribution in [1.82, 2.24) is 5.32 Å². The van der Waals surface area contributed by atoms with Gasteiger partial charge in [0.15, 0.2) is 0 Å². The van der Waals surface area contributed by atoms with Gasteiger partial charge in [0.1, 0.15) is 11.8 Å². The van der Waals surface area contributed by atoms with Gasteiger partial charge in [-0.1, -0.05) is 32.0 Å². The zero-order chi connectivity index (χ0) is 24.9. The predicted molar refractivity (Wildman–Crippen MR) is 128 cm³/mol. The van der Waals surface area contributed by atoms with Crippen LogP contribution in [0.5, 0.6) is 5.75 Å². The monoisotopic (exact) mass is 477 g/mol. The van der Waals surface area contributed by atoms with Crippen molar-refractivity contribution in [3.05, 3.63) is 63.2 Å². The number of nitro groups is 1. The molecule has 2 aromatic carbocycles. The Kier molecular flexibility index (Phi) is 8.43. The number of nitrogens with one attached hydrogen (secondary N) is 1. The second kappa shape index (κ2) is 10.7. The van der Waals surface area contributed by atoms with Gasteiger partial charge in [-0.05, 0) is 49.4 Å². The second-order valence-corrected chi connectivity index (χ2v) is 9.77. The van der Waals surface area contributed by atoms with Crippen molar-refractivity contribution in [1.29, 1.82) is 0 Å². The van der Waals surface area contributed by atoms with E-state index in [1.165, 1.54) is 18.2 Å². The molecule has 1 N–H and O–H groups in total. The summed E-state index contributed by atoms with van der Waals surface area (Å²) in [4.78, 5) is 24.0. The fourth-order valence-corrected chi connectivity index (χ4v) is 5.05. The fourth-order valence-electron chi connectivity index (χ4n) is 3.79. The van der Waals surface area contributed by atoms with E-state index < -0.39 is 26.9 Å². The number of ether oxygens (including phenoxy) is 1. The van der Waals surface area contributed by atoms with E-state index in [2.05, 4.69) is 5.32 Å². The number of non-ortho nitro benzene ring substituents is 1. The van der Waals surface area contributed by atoms with E-state index in [0.717, 1.165) is 27.4 Å². The van der Waals surface area contributed by atoms with Gasteiger partial charge in [0.2, 0.25) is 15.9 Å². The standard InChI is InChI=1S/C23H31N3O6S/c1-7-19(17-10-12-22(32-5)16(4)13-17)24-23(27)20(8-2)25(33(6,30)31)21-14-18(26(28)29)11-9-15(21)3/h9-14,19-20H,7-8H2,1-6H3,(H,24,27)/t19-,20+/m0/s1. The number of hydrogen-bond donors (Lipinski definition) is 1. The van der Waals surface area contributed by atoms with Crippen LogP contribution >= 0.6 is 0 Å². The molecule has 0 unspecified atom stereocenters. The van der Waals surface area contributed by atoms with Gasteiger partial charge < -0.3 is 10.1 Å². The SMILES string of the molecule is CC[C@H](NC(=O)[C@@H](CC)N(c1cc([N+](=O)[O-])ccc1C)S(C)(=O)=O)c1ccc(OC)c(C)c1. The molecule has 1 amide bonds. The molecule has 0 bridgehead atoms. The number of amides is 1.